The minimum Gasteiger partial charge on any atom is -0.468 e. The van der Waals surface area contributed by atoms with Crippen LogP contribution in [0.3, 0.4) is 0 Å². The van der Waals surface area contributed by atoms with Crippen molar-refractivity contribution in [2.45, 2.75) is 23.9 Å². The number of esters is 1. The molecule has 1 aromatic heterocycles. The first kappa shape index (κ1) is 16.9. The van der Waals surface area contributed by atoms with Gasteiger partial charge >= 0.3 is 5.97 Å². The Morgan fingerprint density at radius 3 is 2.75 bits per heavy atom. The van der Waals surface area contributed by atoms with Gasteiger partial charge in [-0.3, -0.25) is 4.79 Å². The van der Waals surface area contributed by atoms with Crippen molar-refractivity contribution in [2.24, 2.45) is 0 Å². The minimum absolute atomic E-state index is 0.267. The van der Waals surface area contributed by atoms with Gasteiger partial charge in [0.2, 0.25) is 0 Å². The average Bonchev–Trinajstić information content (AvgIpc) is 2.91. The summed E-state index contributed by atoms with van der Waals surface area (Å²) >= 11 is 7.48. The number of imidazole rings is 1. The van der Waals surface area contributed by atoms with E-state index in [9.17, 15) is 4.79 Å². The molecule has 0 aliphatic rings. The Kier molecular flexibility index (Phi) is 5.11. The molecular formula is C18H17ClN2O2S. The smallest absolute Gasteiger partial charge is 0.318 e. The number of carbonyl (C=O) groups is 1. The summed E-state index contributed by atoms with van der Waals surface area (Å²) in [6.45, 7) is 2.49. The molecule has 3 rings (SSSR count). The van der Waals surface area contributed by atoms with Crippen molar-refractivity contribution in [3.63, 3.8) is 0 Å². The average molecular weight is 361 g/mol. The van der Waals surface area contributed by atoms with Gasteiger partial charge in [0, 0.05) is 5.02 Å². The Morgan fingerprint density at radius 2 is 2.04 bits per heavy atom. The molecule has 0 unspecified atom stereocenters. The van der Waals surface area contributed by atoms with Gasteiger partial charge < -0.3 is 9.30 Å². The van der Waals surface area contributed by atoms with Gasteiger partial charge in [-0.25, -0.2) is 4.98 Å². The normalized spacial score (nSPS) is 12.3. The molecule has 0 amide bonds. The molecule has 124 valence electrons. The summed E-state index contributed by atoms with van der Waals surface area (Å²) in [6.07, 6.45) is 0. The van der Waals surface area contributed by atoms with Crippen molar-refractivity contribution in [3.05, 3.63) is 59.1 Å². The number of ether oxygens (including phenoxy) is 1. The Bertz CT molecular complexity index is 864. The maximum Gasteiger partial charge on any atom is 0.318 e. The Morgan fingerprint density at radius 1 is 1.29 bits per heavy atom. The topological polar surface area (TPSA) is 44.1 Å². The molecule has 3 aromatic rings. The van der Waals surface area contributed by atoms with E-state index in [0.29, 0.717) is 11.6 Å². The van der Waals surface area contributed by atoms with E-state index in [1.165, 1.54) is 24.4 Å². The zero-order valence-corrected chi connectivity index (χ0v) is 15.0. The summed E-state index contributed by atoms with van der Waals surface area (Å²) in [4.78, 5) is 16.4. The number of benzene rings is 2. The molecule has 0 aliphatic carbocycles. The predicted molar refractivity (Wildman–Crippen MR) is 97.6 cm³/mol. The van der Waals surface area contributed by atoms with Crippen molar-refractivity contribution >= 4 is 40.4 Å². The fourth-order valence-electron chi connectivity index (χ4n) is 2.46. The number of hydrogen-bond donors (Lipinski definition) is 0. The predicted octanol–water partition coefficient (Wildman–Crippen LogP) is 4.39. The van der Waals surface area contributed by atoms with Gasteiger partial charge in [0.15, 0.2) is 5.16 Å². The Hall–Kier alpha value is -1.98. The highest BCUT2D eigenvalue weighted by molar-refractivity contribution is 8.00. The van der Waals surface area contributed by atoms with E-state index in [2.05, 4.69) is 21.7 Å². The first-order valence-corrected chi connectivity index (χ1v) is 8.78. The zero-order valence-electron chi connectivity index (χ0n) is 13.4. The monoisotopic (exact) mass is 360 g/mol. The summed E-state index contributed by atoms with van der Waals surface area (Å²) in [6, 6.07) is 15.8. The molecule has 0 saturated heterocycles. The first-order chi connectivity index (χ1) is 11.6. The molecule has 0 radical (unpaired) electrons. The van der Waals surface area contributed by atoms with Crippen molar-refractivity contribution in [2.75, 3.05) is 7.11 Å². The van der Waals surface area contributed by atoms with Crippen LogP contribution in [-0.4, -0.2) is 27.9 Å². The molecule has 0 spiro atoms. The largest absolute Gasteiger partial charge is 0.468 e. The highest BCUT2D eigenvalue weighted by atomic mass is 35.5. The molecule has 1 atom stereocenters. The van der Waals surface area contributed by atoms with E-state index in [1.807, 2.05) is 43.3 Å². The Labute approximate surface area is 149 Å². The van der Waals surface area contributed by atoms with Crippen LogP contribution in [0.5, 0.6) is 0 Å². The van der Waals surface area contributed by atoms with Gasteiger partial charge in [0.05, 0.1) is 24.7 Å². The van der Waals surface area contributed by atoms with E-state index in [0.717, 1.165) is 16.2 Å². The third-order valence-corrected chi connectivity index (χ3v) is 4.98. The summed E-state index contributed by atoms with van der Waals surface area (Å²) in [5.41, 5.74) is 2.97. The fraction of sp³-hybridized carbons (Fsp3) is 0.222. The van der Waals surface area contributed by atoms with Crippen LogP contribution in [0, 0.1) is 0 Å². The second kappa shape index (κ2) is 7.28. The van der Waals surface area contributed by atoms with Crippen LogP contribution in [0.1, 0.15) is 12.5 Å². The molecule has 24 heavy (non-hydrogen) atoms. The number of rotatable bonds is 5. The third kappa shape index (κ3) is 3.57. The van der Waals surface area contributed by atoms with Crippen molar-refractivity contribution < 1.29 is 9.53 Å². The lowest BCUT2D eigenvalue weighted by molar-refractivity contribution is -0.139. The summed E-state index contributed by atoms with van der Waals surface area (Å²) in [5.74, 6) is -0.267. The number of nitrogens with zero attached hydrogens (tertiary/aromatic N) is 2. The number of methoxy groups -OCH3 is 1. The quantitative estimate of drug-likeness (QED) is 0.500. The second-order valence-electron chi connectivity index (χ2n) is 5.38. The van der Waals surface area contributed by atoms with E-state index < -0.39 is 0 Å². The summed E-state index contributed by atoms with van der Waals surface area (Å²) in [5, 5.41) is 1.08. The van der Waals surface area contributed by atoms with E-state index in [4.69, 9.17) is 16.3 Å². The van der Waals surface area contributed by atoms with Crippen LogP contribution in [0.25, 0.3) is 11.0 Å². The van der Waals surface area contributed by atoms with Crippen molar-refractivity contribution in [1.82, 2.24) is 9.55 Å². The lowest BCUT2D eigenvalue weighted by atomic mass is 10.2. The molecule has 0 saturated carbocycles. The van der Waals surface area contributed by atoms with Crippen LogP contribution in [0.4, 0.5) is 0 Å². The molecule has 0 N–H and O–H groups in total. The fourth-order valence-corrected chi connectivity index (χ4v) is 3.58. The Balaban J connectivity index is 2.02. The number of thioether (sulfide) groups is 1. The molecule has 1 heterocycles. The summed E-state index contributed by atoms with van der Waals surface area (Å²) in [7, 11) is 1.39. The van der Waals surface area contributed by atoms with Crippen LogP contribution < -0.4 is 0 Å². The van der Waals surface area contributed by atoms with Gasteiger partial charge in [0.1, 0.15) is 5.25 Å². The van der Waals surface area contributed by atoms with Gasteiger partial charge in [-0.1, -0.05) is 53.7 Å². The van der Waals surface area contributed by atoms with Gasteiger partial charge in [-0.15, -0.1) is 0 Å². The molecule has 4 nitrogen and oxygen atoms in total. The number of halogens is 1. The maximum absolute atomic E-state index is 11.8. The number of carbonyl (C=O) groups excluding carboxylic acids is 1. The van der Waals surface area contributed by atoms with Crippen LogP contribution >= 0.6 is 23.4 Å². The standard InChI is InChI=1S/C18H17ClN2O2S/c1-12(17(22)23-2)24-18-20-15-10-14(19)8-9-16(15)21(18)11-13-6-4-3-5-7-13/h3-10,12H,11H2,1-2H3/t12-/m0/s1. The van der Waals surface area contributed by atoms with Crippen LogP contribution in [0.2, 0.25) is 5.02 Å². The lowest BCUT2D eigenvalue weighted by Gasteiger charge is -2.12. The maximum atomic E-state index is 11.8. The van der Waals surface area contributed by atoms with E-state index in [-0.39, 0.29) is 11.2 Å². The molecule has 0 aliphatic heterocycles. The van der Waals surface area contributed by atoms with Crippen LogP contribution in [-0.2, 0) is 16.1 Å². The van der Waals surface area contributed by atoms with E-state index >= 15 is 0 Å². The summed E-state index contributed by atoms with van der Waals surface area (Å²) < 4.78 is 6.92. The van der Waals surface area contributed by atoms with Gasteiger partial charge in [-0.05, 0) is 30.7 Å². The second-order valence-corrected chi connectivity index (χ2v) is 7.13. The highest BCUT2D eigenvalue weighted by Gasteiger charge is 2.20. The first-order valence-electron chi connectivity index (χ1n) is 7.52. The SMILES string of the molecule is COC(=O)[C@H](C)Sc1nc2cc(Cl)ccc2n1Cc1ccccc1. The number of hydrogen-bond acceptors (Lipinski definition) is 4. The number of fused-ring (bicyclic) bond motifs is 1. The van der Waals surface area contributed by atoms with Crippen molar-refractivity contribution in [3.8, 4) is 0 Å². The zero-order chi connectivity index (χ0) is 17.1. The molecule has 0 fully saturated rings. The third-order valence-electron chi connectivity index (χ3n) is 3.67. The molecule has 2 aromatic carbocycles. The van der Waals surface area contributed by atoms with Gasteiger partial charge in [-0.2, -0.15) is 0 Å². The van der Waals surface area contributed by atoms with Crippen LogP contribution in [0.15, 0.2) is 53.7 Å². The molecule has 0 bridgehead atoms. The highest BCUT2D eigenvalue weighted by Crippen LogP contribution is 2.30. The molecule has 6 heteroatoms. The molecular weight excluding hydrogens is 344 g/mol. The van der Waals surface area contributed by atoms with Gasteiger partial charge in [0.25, 0.3) is 0 Å². The van der Waals surface area contributed by atoms with E-state index in [1.54, 1.807) is 0 Å². The number of aromatic nitrogens is 2. The van der Waals surface area contributed by atoms with Crippen molar-refractivity contribution in [1.29, 1.82) is 0 Å². The lowest BCUT2D eigenvalue weighted by Crippen LogP contribution is -2.15. The minimum atomic E-state index is -0.336.